The molecule has 0 radical (unpaired) electrons. The number of hydrogen-bond donors (Lipinski definition) is 1. The van der Waals surface area contributed by atoms with Gasteiger partial charge < -0.3 is 5.73 Å². The highest BCUT2D eigenvalue weighted by Crippen LogP contribution is 2.35. The molecule has 3 rings (SSSR count). The number of carbonyl (C=O) groups is 1. The molecule has 0 aromatic heterocycles. The van der Waals surface area contributed by atoms with Gasteiger partial charge in [0.05, 0.1) is 0 Å². The Bertz CT molecular complexity index is 856. The van der Waals surface area contributed by atoms with Crippen LogP contribution >= 0.6 is 0 Å². The summed E-state index contributed by atoms with van der Waals surface area (Å²) in [6.07, 6.45) is 0. The van der Waals surface area contributed by atoms with E-state index >= 15 is 0 Å². The Morgan fingerprint density at radius 2 is 0.931 bits per heavy atom. The van der Waals surface area contributed by atoms with Gasteiger partial charge in [-0.25, -0.2) is 0 Å². The van der Waals surface area contributed by atoms with Crippen LogP contribution in [0.4, 0.5) is 5.69 Å². The van der Waals surface area contributed by atoms with Crippen LogP contribution < -0.4 is 5.73 Å². The van der Waals surface area contributed by atoms with Gasteiger partial charge in [0.15, 0.2) is 5.78 Å². The molecule has 0 aliphatic rings. The number of nitrogens with two attached hydrogens (primary N) is 1. The second-order valence-corrected chi connectivity index (χ2v) is 9.33. The number of nitrogen functional groups attached to an aromatic ring is 1. The molecule has 2 N–H and O–H groups in total. The molecule has 0 aliphatic carbocycles. The molecule has 29 heavy (non-hydrogen) atoms. The highest BCUT2D eigenvalue weighted by Gasteiger charge is 2.23. The molecular formula is C27H33NO. The van der Waals surface area contributed by atoms with Gasteiger partial charge >= 0.3 is 0 Å². The van der Waals surface area contributed by atoms with E-state index in [1.807, 2.05) is 60.7 Å². The number of rotatable bonds is 2. The lowest BCUT2D eigenvalue weighted by atomic mass is 9.79. The molecule has 0 amide bonds. The van der Waals surface area contributed by atoms with Crippen LogP contribution in [0.2, 0.25) is 0 Å². The van der Waals surface area contributed by atoms with Gasteiger partial charge in [-0.1, -0.05) is 120 Å². The molecule has 0 spiro atoms. The fourth-order valence-corrected chi connectivity index (χ4v) is 3.22. The van der Waals surface area contributed by atoms with Crippen LogP contribution in [0.25, 0.3) is 0 Å². The molecule has 0 saturated heterocycles. The van der Waals surface area contributed by atoms with E-state index in [9.17, 15) is 4.79 Å². The van der Waals surface area contributed by atoms with Crippen molar-refractivity contribution in [2.45, 2.75) is 52.4 Å². The number of ketones is 1. The van der Waals surface area contributed by atoms with Crippen molar-refractivity contribution in [3.63, 3.8) is 0 Å². The van der Waals surface area contributed by atoms with Crippen LogP contribution in [0, 0.1) is 0 Å². The maximum Gasteiger partial charge on any atom is 0.193 e. The van der Waals surface area contributed by atoms with Gasteiger partial charge in [0.25, 0.3) is 0 Å². The second-order valence-electron chi connectivity index (χ2n) is 9.33. The maximum atomic E-state index is 11.8. The molecule has 0 heterocycles. The zero-order valence-corrected chi connectivity index (χ0v) is 18.5. The Morgan fingerprint density at radius 3 is 1.24 bits per heavy atom. The van der Waals surface area contributed by atoms with Crippen molar-refractivity contribution in [1.29, 1.82) is 0 Å². The summed E-state index contributed by atoms with van der Waals surface area (Å²) in [5.74, 6) is 0.0752. The molecule has 0 saturated carbocycles. The van der Waals surface area contributed by atoms with E-state index in [1.165, 1.54) is 11.1 Å². The van der Waals surface area contributed by atoms with Gasteiger partial charge in [0.1, 0.15) is 0 Å². The number of anilines is 1. The molecule has 2 heteroatoms. The van der Waals surface area contributed by atoms with Crippen molar-refractivity contribution in [2.75, 3.05) is 5.73 Å². The van der Waals surface area contributed by atoms with E-state index in [4.69, 9.17) is 5.73 Å². The van der Waals surface area contributed by atoms with Gasteiger partial charge in [-0.05, 0) is 22.0 Å². The van der Waals surface area contributed by atoms with Crippen LogP contribution in [0.5, 0.6) is 0 Å². The molecular weight excluding hydrogens is 354 g/mol. The molecule has 152 valence electrons. The second kappa shape index (κ2) is 9.09. The van der Waals surface area contributed by atoms with Crippen molar-refractivity contribution in [3.05, 3.63) is 101 Å². The first-order valence-electron chi connectivity index (χ1n) is 10.1. The van der Waals surface area contributed by atoms with E-state index in [1.54, 1.807) is 0 Å². The van der Waals surface area contributed by atoms with Gasteiger partial charge in [-0.3, -0.25) is 4.79 Å². The first-order chi connectivity index (χ1) is 13.5. The third-order valence-corrected chi connectivity index (χ3v) is 4.79. The Balaban J connectivity index is 0.000000207. The number of carbonyl (C=O) groups excluding carboxylic acids is 1. The quantitative estimate of drug-likeness (QED) is 0.389. The summed E-state index contributed by atoms with van der Waals surface area (Å²) >= 11 is 0. The first kappa shape index (κ1) is 22.4. The van der Waals surface area contributed by atoms with Crippen molar-refractivity contribution in [3.8, 4) is 0 Å². The monoisotopic (exact) mass is 387 g/mol. The van der Waals surface area contributed by atoms with E-state index < -0.39 is 0 Å². The van der Waals surface area contributed by atoms with Gasteiger partial charge in [0.2, 0.25) is 0 Å². The molecule has 0 unspecified atom stereocenters. The highest BCUT2D eigenvalue weighted by molar-refractivity contribution is 6.08. The number of benzene rings is 3. The number of para-hydroxylation sites is 1. The minimum atomic E-state index is 0.0752. The Kier molecular flexibility index (Phi) is 7.02. The van der Waals surface area contributed by atoms with Crippen LogP contribution in [0.3, 0.4) is 0 Å². The van der Waals surface area contributed by atoms with E-state index in [-0.39, 0.29) is 16.6 Å². The highest BCUT2D eigenvalue weighted by atomic mass is 16.1. The van der Waals surface area contributed by atoms with Gasteiger partial charge in [-0.2, -0.15) is 0 Å². The van der Waals surface area contributed by atoms with Crippen molar-refractivity contribution in [2.24, 2.45) is 0 Å². The average molecular weight is 388 g/mol. The predicted molar refractivity (Wildman–Crippen MR) is 125 cm³/mol. The third kappa shape index (κ3) is 6.05. The summed E-state index contributed by atoms with van der Waals surface area (Å²) in [5.41, 5.74) is 11.4. The van der Waals surface area contributed by atoms with Gasteiger partial charge in [0, 0.05) is 16.8 Å². The summed E-state index contributed by atoms with van der Waals surface area (Å²) in [6.45, 7) is 13.2. The van der Waals surface area contributed by atoms with Crippen molar-refractivity contribution >= 4 is 11.5 Å². The van der Waals surface area contributed by atoms with E-state index in [2.05, 4.69) is 59.7 Å². The summed E-state index contributed by atoms with van der Waals surface area (Å²) in [4.78, 5) is 11.8. The van der Waals surface area contributed by atoms with Crippen LogP contribution in [-0.2, 0) is 10.8 Å². The first-order valence-corrected chi connectivity index (χ1v) is 10.1. The predicted octanol–water partition coefficient (Wildman–Crippen LogP) is 6.78. The van der Waals surface area contributed by atoms with E-state index in [0.717, 1.165) is 16.8 Å². The lowest BCUT2D eigenvalue weighted by Gasteiger charge is -2.27. The molecule has 0 atom stereocenters. The standard InChI is InChI=1S/C14H23N.C13H10O/c1-13(2,3)10-8-7-9-11(12(10)15)14(4,5)6;14-13(11-7-3-1-4-8-11)12-9-5-2-6-10-12/h7-9H,15H2,1-6H3;1-10H. The molecule has 3 aromatic carbocycles. The fourth-order valence-electron chi connectivity index (χ4n) is 3.22. The van der Waals surface area contributed by atoms with Crippen LogP contribution in [-0.4, -0.2) is 5.78 Å². The zero-order chi connectivity index (χ0) is 21.7. The summed E-state index contributed by atoms with van der Waals surface area (Å²) < 4.78 is 0. The number of hydrogen-bond acceptors (Lipinski definition) is 2. The normalized spacial score (nSPS) is 11.4. The van der Waals surface area contributed by atoms with Crippen molar-refractivity contribution in [1.82, 2.24) is 0 Å². The smallest absolute Gasteiger partial charge is 0.193 e. The maximum absolute atomic E-state index is 11.8. The SMILES string of the molecule is CC(C)(C)c1cccc(C(C)(C)C)c1N.O=C(c1ccccc1)c1ccccc1. The van der Waals surface area contributed by atoms with Gasteiger partial charge in [-0.15, -0.1) is 0 Å². The zero-order valence-electron chi connectivity index (χ0n) is 18.5. The largest absolute Gasteiger partial charge is 0.398 e. The van der Waals surface area contributed by atoms with Crippen LogP contribution in [0.1, 0.15) is 68.6 Å². The Morgan fingerprint density at radius 1 is 0.586 bits per heavy atom. The minimum absolute atomic E-state index is 0.0752. The lowest BCUT2D eigenvalue weighted by Crippen LogP contribution is -2.20. The topological polar surface area (TPSA) is 43.1 Å². The summed E-state index contributed by atoms with van der Waals surface area (Å²) in [5, 5.41) is 0. The lowest BCUT2D eigenvalue weighted by molar-refractivity contribution is 0.103. The fraction of sp³-hybridized carbons (Fsp3) is 0.296. The molecule has 2 nitrogen and oxygen atoms in total. The third-order valence-electron chi connectivity index (χ3n) is 4.79. The molecule has 0 fully saturated rings. The molecule has 0 aliphatic heterocycles. The summed E-state index contributed by atoms with van der Waals surface area (Å²) in [6, 6.07) is 25.0. The summed E-state index contributed by atoms with van der Waals surface area (Å²) in [7, 11) is 0. The van der Waals surface area contributed by atoms with Crippen LogP contribution in [0.15, 0.2) is 78.9 Å². The van der Waals surface area contributed by atoms with Crippen molar-refractivity contribution < 1.29 is 4.79 Å². The minimum Gasteiger partial charge on any atom is -0.398 e. The average Bonchev–Trinajstić information content (AvgIpc) is 2.67. The molecule has 0 bridgehead atoms. The Hall–Kier alpha value is -2.87. The Labute approximate surface area is 175 Å². The molecule has 3 aromatic rings. The van der Waals surface area contributed by atoms with E-state index in [0.29, 0.717) is 0 Å².